The zero-order valence-corrected chi connectivity index (χ0v) is 11.4. The van der Waals surface area contributed by atoms with Gasteiger partial charge in [-0.25, -0.2) is 4.79 Å². The van der Waals surface area contributed by atoms with Crippen LogP contribution in [0.5, 0.6) is 5.75 Å². The zero-order valence-electron chi connectivity index (χ0n) is 11.4. The lowest BCUT2D eigenvalue weighted by Gasteiger charge is -2.07. The number of cyclic esters (lactones) is 1. The van der Waals surface area contributed by atoms with Crippen LogP contribution in [-0.4, -0.2) is 19.0 Å². The maximum Gasteiger partial charge on any atom is 0.338 e. The van der Waals surface area contributed by atoms with Crippen molar-refractivity contribution in [3.8, 4) is 5.75 Å². The van der Waals surface area contributed by atoms with Crippen molar-refractivity contribution in [1.29, 1.82) is 0 Å². The van der Waals surface area contributed by atoms with E-state index in [2.05, 4.69) is 5.32 Å². The van der Waals surface area contributed by atoms with Gasteiger partial charge in [0.25, 0.3) is 5.91 Å². The molecule has 0 bridgehead atoms. The Morgan fingerprint density at radius 1 is 1.19 bits per heavy atom. The predicted molar refractivity (Wildman–Crippen MR) is 76.5 cm³/mol. The van der Waals surface area contributed by atoms with Gasteiger partial charge < -0.3 is 14.8 Å². The summed E-state index contributed by atoms with van der Waals surface area (Å²) in [5, 5.41) is 2.79. The maximum atomic E-state index is 12.1. The maximum absolute atomic E-state index is 12.1. The minimum atomic E-state index is -0.321. The molecule has 1 N–H and O–H groups in total. The van der Waals surface area contributed by atoms with Crippen LogP contribution in [0.15, 0.2) is 42.5 Å². The summed E-state index contributed by atoms with van der Waals surface area (Å²) in [6.45, 7) is 0.250. The van der Waals surface area contributed by atoms with Gasteiger partial charge in [0.1, 0.15) is 12.4 Å². The van der Waals surface area contributed by atoms with E-state index in [-0.39, 0.29) is 18.5 Å². The van der Waals surface area contributed by atoms with Crippen molar-refractivity contribution >= 4 is 17.6 Å². The van der Waals surface area contributed by atoms with Crippen molar-refractivity contribution in [2.24, 2.45) is 0 Å². The molecule has 5 nitrogen and oxygen atoms in total. The van der Waals surface area contributed by atoms with Gasteiger partial charge in [0.15, 0.2) is 0 Å². The molecule has 3 rings (SSSR count). The molecule has 106 valence electrons. The average molecular weight is 283 g/mol. The number of nitrogens with one attached hydrogen (secondary N) is 1. The van der Waals surface area contributed by atoms with E-state index < -0.39 is 0 Å². The van der Waals surface area contributed by atoms with Crippen LogP contribution in [0.3, 0.4) is 0 Å². The lowest BCUT2D eigenvalue weighted by atomic mass is 10.1. The van der Waals surface area contributed by atoms with Crippen molar-refractivity contribution < 1.29 is 19.1 Å². The predicted octanol–water partition coefficient (Wildman–Crippen LogP) is 2.62. The lowest BCUT2D eigenvalue weighted by molar-refractivity contribution is 0.0535. The first-order chi connectivity index (χ1) is 10.2. The first kappa shape index (κ1) is 13.2. The molecule has 0 unspecified atom stereocenters. The largest absolute Gasteiger partial charge is 0.497 e. The Balaban J connectivity index is 1.77. The fourth-order valence-electron chi connectivity index (χ4n) is 2.16. The van der Waals surface area contributed by atoms with Crippen LogP contribution < -0.4 is 10.1 Å². The van der Waals surface area contributed by atoms with Gasteiger partial charge in [0.05, 0.1) is 12.7 Å². The highest BCUT2D eigenvalue weighted by Gasteiger charge is 2.21. The Hall–Kier alpha value is -2.82. The van der Waals surface area contributed by atoms with E-state index in [9.17, 15) is 9.59 Å². The number of esters is 1. The third kappa shape index (κ3) is 2.58. The standard InChI is InChI=1S/C16H13NO4/c1-20-13-5-2-10(3-6-13)15(18)17-12-4-7-14-11(8-12)9-21-16(14)19/h2-8H,9H2,1H3,(H,17,18). The van der Waals surface area contributed by atoms with Crippen LogP contribution in [0.1, 0.15) is 26.3 Å². The molecular formula is C16H13NO4. The van der Waals surface area contributed by atoms with Gasteiger partial charge in [-0.3, -0.25) is 4.79 Å². The van der Waals surface area contributed by atoms with Crippen LogP contribution >= 0.6 is 0 Å². The normalized spacial score (nSPS) is 12.5. The minimum Gasteiger partial charge on any atom is -0.497 e. The van der Waals surface area contributed by atoms with E-state index in [1.54, 1.807) is 49.6 Å². The SMILES string of the molecule is COc1ccc(C(=O)Nc2ccc3c(c2)COC3=O)cc1. The van der Waals surface area contributed by atoms with E-state index in [0.717, 1.165) is 5.56 Å². The second kappa shape index (κ2) is 5.28. The van der Waals surface area contributed by atoms with E-state index in [1.165, 1.54) is 0 Å². The monoisotopic (exact) mass is 283 g/mol. The fourth-order valence-corrected chi connectivity index (χ4v) is 2.16. The topological polar surface area (TPSA) is 64.6 Å². The number of hydrogen-bond donors (Lipinski definition) is 1. The molecule has 0 spiro atoms. The van der Waals surface area contributed by atoms with Crippen LogP contribution in [0, 0.1) is 0 Å². The molecule has 1 aliphatic heterocycles. The molecule has 0 aliphatic carbocycles. The van der Waals surface area contributed by atoms with Crippen LogP contribution in [0.25, 0.3) is 0 Å². The molecule has 21 heavy (non-hydrogen) atoms. The Morgan fingerprint density at radius 2 is 1.95 bits per heavy atom. The molecular weight excluding hydrogens is 270 g/mol. The molecule has 0 saturated heterocycles. The van der Waals surface area contributed by atoms with Crippen molar-refractivity contribution in [2.45, 2.75) is 6.61 Å². The third-order valence-corrected chi connectivity index (χ3v) is 3.29. The van der Waals surface area contributed by atoms with Gasteiger partial charge in [-0.1, -0.05) is 0 Å². The van der Waals surface area contributed by atoms with E-state index in [0.29, 0.717) is 22.6 Å². The number of carbonyl (C=O) groups is 2. The molecule has 0 fully saturated rings. The summed E-state index contributed by atoms with van der Waals surface area (Å²) in [5.74, 6) is 0.153. The molecule has 2 aromatic rings. The molecule has 5 heteroatoms. The van der Waals surface area contributed by atoms with Gasteiger partial charge in [-0.15, -0.1) is 0 Å². The molecule has 0 radical (unpaired) electrons. The van der Waals surface area contributed by atoms with Crippen molar-refractivity contribution in [1.82, 2.24) is 0 Å². The minimum absolute atomic E-state index is 0.220. The van der Waals surface area contributed by atoms with Crippen molar-refractivity contribution in [3.05, 3.63) is 59.2 Å². The summed E-state index contributed by atoms with van der Waals surface area (Å²) < 4.78 is 9.98. The van der Waals surface area contributed by atoms with E-state index >= 15 is 0 Å². The Labute approximate surface area is 121 Å². The molecule has 1 amide bonds. The molecule has 0 atom stereocenters. The summed E-state index contributed by atoms with van der Waals surface area (Å²) in [6, 6.07) is 11.9. The summed E-state index contributed by atoms with van der Waals surface area (Å²) >= 11 is 0. The highest BCUT2D eigenvalue weighted by atomic mass is 16.5. The Kier molecular flexibility index (Phi) is 3.31. The zero-order chi connectivity index (χ0) is 14.8. The number of methoxy groups -OCH3 is 1. The van der Waals surface area contributed by atoms with Crippen molar-refractivity contribution in [2.75, 3.05) is 12.4 Å². The second-order valence-corrected chi connectivity index (χ2v) is 4.63. The van der Waals surface area contributed by atoms with Gasteiger partial charge in [0.2, 0.25) is 0 Å². The average Bonchev–Trinajstić information content (AvgIpc) is 2.88. The van der Waals surface area contributed by atoms with Gasteiger partial charge >= 0.3 is 5.97 Å². The van der Waals surface area contributed by atoms with Crippen molar-refractivity contribution in [3.63, 3.8) is 0 Å². The summed E-state index contributed by atoms with van der Waals surface area (Å²) in [4.78, 5) is 23.5. The molecule has 0 aromatic heterocycles. The first-order valence-electron chi connectivity index (χ1n) is 6.43. The first-order valence-corrected chi connectivity index (χ1v) is 6.43. The summed E-state index contributed by atoms with van der Waals surface area (Å²) in [7, 11) is 1.57. The van der Waals surface area contributed by atoms with E-state index in [4.69, 9.17) is 9.47 Å². The molecule has 0 saturated carbocycles. The number of ether oxygens (including phenoxy) is 2. The Morgan fingerprint density at radius 3 is 2.67 bits per heavy atom. The van der Waals surface area contributed by atoms with Crippen LogP contribution in [0.2, 0.25) is 0 Å². The number of rotatable bonds is 3. The van der Waals surface area contributed by atoms with Gasteiger partial charge in [0, 0.05) is 16.8 Å². The molecule has 1 heterocycles. The Bertz CT molecular complexity index is 707. The van der Waals surface area contributed by atoms with Crippen LogP contribution in [-0.2, 0) is 11.3 Å². The number of fused-ring (bicyclic) bond motifs is 1. The molecule has 1 aliphatic rings. The van der Waals surface area contributed by atoms with Gasteiger partial charge in [-0.2, -0.15) is 0 Å². The highest BCUT2D eigenvalue weighted by molar-refractivity contribution is 6.04. The number of anilines is 1. The number of amides is 1. The lowest BCUT2D eigenvalue weighted by Crippen LogP contribution is -2.12. The number of carbonyl (C=O) groups excluding carboxylic acids is 2. The smallest absolute Gasteiger partial charge is 0.338 e. The quantitative estimate of drug-likeness (QED) is 0.879. The number of hydrogen-bond acceptors (Lipinski definition) is 4. The fraction of sp³-hybridized carbons (Fsp3) is 0.125. The van der Waals surface area contributed by atoms with E-state index in [1.807, 2.05) is 0 Å². The van der Waals surface area contributed by atoms with Crippen LogP contribution in [0.4, 0.5) is 5.69 Å². The second-order valence-electron chi connectivity index (χ2n) is 4.63. The molecule has 2 aromatic carbocycles. The highest BCUT2D eigenvalue weighted by Crippen LogP contribution is 2.23. The summed E-state index contributed by atoms with van der Waals surface area (Å²) in [6.07, 6.45) is 0. The van der Waals surface area contributed by atoms with Gasteiger partial charge in [-0.05, 0) is 42.5 Å². The summed E-state index contributed by atoms with van der Waals surface area (Å²) in [5.41, 5.74) is 2.50. The third-order valence-electron chi connectivity index (χ3n) is 3.29. The number of benzene rings is 2.